The molecule has 0 heterocycles. The summed E-state index contributed by atoms with van der Waals surface area (Å²) in [6.45, 7) is 0. The number of hydrogen-bond donors (Lipinski definition) is 0. The molecule has 0 aromatic carbocycles. The molecule has 0 atom stereocenters. The fourth-order valence-corrected chi connectivity index (χ4v) is 0. The van der Waals surface area contributed by atoms with Crippen molar-refractivity contribution in [3.63, 3.8) is 0 Å². The molecule has 0 aliphatic rings. The van der Waals surface area contributed by atoms with Crippen molar-refractivity contribution in [1.29, 1.82) is 0 Å². The van der Waals surface area contributed by atoms with Crippen molar-refractivity contribution in [2.24, 2.45) is 0 Å². The van der Waals surface area contributed by atoms with E-state index in [4.69, 9.17) is 3.08 Å². The third-order valence-corrected chi connectivity index (χ3v) is 0. The smallest absolute Gasteiger partial charge is 0 e. The molecule has 0 bridgehead atoms. The van der Waals surface area contributed by atoms with Crippen molar-refractivity contribution in [3.05, 3.63) is 0 Å². The van der Waals surface area contributed by atoms with Crippen LogP contribution in [-0.4, -0.2) is 74.2 Å². The van der Waals surface area contributed by atoms with Gasteiger partial charge in [-0.25, -0.2) is 0 Å². The van der Waals surface area contributed by atoms with Gasteiger partial charge in [0.15, 0.2) is 0 Å². The van der Waals surface area contributed by atoms with Crippen LogP contribution < -0.4 is 0 Å². The standard InChI is InChI=1S/Ag.2In.O.Sn.2Zn.6H. The number of hydrogen-bond acceptors (Lipinski definition) is 1. The van der Waals surface area contributed by atoms with Gasteiger partial charge in [0, 0.05) is 61.3 Å². The molecule has 0 aromatic heterocycles. The van der Waals surface area contributed by atoms with E-state index in [1.807, 2.05) is 0 Å². The predicted molar refractivity (Wildman–Crippen MR) is 26.3 cm³/mol. The van der Waals surface area contributed by atoms with Crippen LogP contribution in [0.3, 0.4) is 0 Å². The van der Waals surface area contributed by atoms with Gasteiger partial charge in [-0.15, -0.1) is 0 Å². The first kappa shape index (κ1) is 42.6. The van der Waals surface area contributed by atoms with Crippen LogP contribution in [0, 0.1) is 0 Å². The van der Waals surface area contributed by atoms with Crippen molar-refractivity contribution in [2.45, 2.75) is 0 Å². The minimum atomic E-state index is 0. The van der Waals surface area contributed by atoms with Crippen LogP contribution in [0.5, 0.6) is 0 Å². The van der Waals surface area contributed by atoms with E-state index >= 15 is 0 Å². The summed E-state index contributed by atoms with van der Waals surface area (Å²) < 4.78 is 8.34. The first-order valence-corrected chi connectivity index (χ1v) is 1.37. The van der Waals surface area contributed by atoms with Crippen LogP contribution in [0.2, 0.25) is 0 Å². The van der Waals surface area contributed by atoms with E-state index in [2.05, 4.69) is 0 Å². The minimum absolute atomic E-state index is 0. The maximum atomic E-state index is 8.34. The molecule has 0 N–H and O–H groups in total. The quantitative estimate of drug-likeness (QED) is 0.271. The van der Waals surface area contributed by atoms with Crippen LogP contribution in [0.15, 0.2) is 0 Å². The fourth-order valence-electron chi connectivity index (χ4n) is 0. The van der Waals surface area contributed by atoms with Crippen molar-refractivity contribution in [3.8, 4) is 0 Å². The third-order valence-electron chi connectivity index (χ3n) is 0. The molecule has 0 aromatic rings. The van der Waals surface area contributed by atoms with Gasteiger partial charge in [0.25, 0.3) is 0 Å². The summed E-state index contributed by atoms with van der Waals surface area (Å²) in [6, 6.07) is 0. The van der Waals surface area contributed by atoms with Crippen molar-refractivity contribution >= 4 is 74.2 Å². The zero-order valence-corrected chi connectivity index (χ0v) is 12.9. The van der Waals surface area contributed by atoms with Crippen molar-refractivity contribution < 1.29 is 64.4 Å². The Balaban J connectivity index is -0.000000000500. The zero-order chi connectivity index (χ0) is 2.00. The Bertz CT molecular complexity index is 15.7. The Labute approximate surface area is 135 Å². The molecule has 0 aliphatic carbocycles. The van der Waals surface area contributed by atoms with E-state index < -0.39 is 0 Å². The fraction of sp³-hybridized carbons (Fsp3) is 0. The summed E-state index contributed by atoms with van der Waals surface area (Å²) in [5.41, 5.74) is 0. The second-order valence-electron chi connectivity index (χ2n) is 0. The molecule has 0 rings (SSSR count). The topological polar surface area (TPSA) is 17.1 Å². The van der Waals surface area contributed by atoms with Gasteiger partial charge in [-0.3, -0.25) is 0 Å². The Hall–Kier alpha value is 4.33. The van der Waals surface area contributed by atoms with Gasteiger partial charge in [0.2, 0.25) is 0 Å². The van der Waals surface area contributed by atoms with E-state index in [1.165, 1.54) is 0 Å². The maximum Gasteiger partial charge on any atom is 0 e. The molecule has 0 amide bonds. The average Bonchev–Trinajstić information content (AvgIpc) is 1.00. The van der Waals surface area contributed by atoms with E-state index in [0.29, 0.717) is 22.5 Å². The predicted octanol–water partition coefficient (Wildman–Crippen LogP) is -2.87. The Morgan fingerprint density at radius 3 is 0.857 bits per heavy atom. The molecule has 0 aliphatic heterocycles. The molecule has 1 nitrogen and oxygen atoms in total. The van der Waals surface area contributed by atoms with E-state index in [1.54, 1.807) is 0 Å². The van der Waals surface area contributed by atoms with Crippen LogP contribution in [0.25, 0.3) is 0 Å². The average molecular weight is 609 g/mol. The van der Waals surface area contributed by atoms with Gasteiger partial charge in [-0.05, 0) is 0 Å². The van der Waals surface area contributed by atoms with Crippen LogP contribution in [0.4, 0.5) is 0 Å². The molecule has 3 radical (unpaired) electrons. The third kappa shape index (κ3) is 38.3. The summed E-state index contributed by atoms with van der Waals surface area (Å²) >= 11 is 0.300. The van der Waals surface area contributed by atoms with Gasteiger partial charge in [0.05, 0.1) is 0 Å². The molecule has 0 saturated heterocycles. The van der Waals surface area contributed by atoms with Gasteiger partial charge in [0.1, 0.15) is 0 Å². The number of rotatable bonds is 0. The summed E-state index contributed by atoms with van der Waals surface area (Å²) in [7, 11) is 0. The molecule has 7 heteroatoms. The monoisotopic (exact) mass is 607 g/mol. The first-order valence-electron chi connectivity index (χ1n) is 0.204. The maximum absolute atomic E-state index is 8.34. The first-order chi connectivity index (χ1) is 1.00. The molecule has 0 saturated carbocycles. The summed E-state index contributed by atoms with van der Waals surface area (Å²) in [5.74, 6) is 0. The van der Waals surface area contributed by atoms with Gasteiger partial charge >= 0.3 is 77.3 Å². The Morgan fingerprint density at radius 2 is 0.857 bits per heavy atom. The molecular weight excluding hydrogens is 603 g/mol. The second-order valence-corrected chi connectivity index (χ2v) is 0. The van der Waals surface area contributed by atoms with Crippen LogP contribution >= 0.6 is 0 Å². The summed E-state index contributed by atoms with van der Waals surface area (Å²) in [4.78, 5) is 0. The Kier molecular flexibility index (Phi) is 292. The summed E-state index contributed by atoms with van der Waals surface area (Å²) in [6.07, 6.45) is 0. The van der Waals surface area contributed by atoms with E-state index in [9.17, 15) is 0 Å². The molecular formula is H6AgIn2OSnZn2. The van der Waals surface area contributed by atoms with Gasteiger partial charge < -0.3 is 0 Å². The molecule has 7 heavy (non-hydrogen) atoms. The van der Waals surface area contributed by atoms with Gasteiger partial charge in [-0.2, -0.15) is 0 Å². The van der Waals surface area contributed by atoms with Crippen molar-refractivity contribution in [1.82, 2.24) is 0 Å². The van der Waals surface area contributed by atoms with Crippen LogP contribution in [0.1, 0.15) is 0 Å². The normalized spacial score (nSPS) is 0.571. The molecule has 37 valence electrons. The minimum Gasteiger partial charge on any atom is 0 e. The Morgan fingerprint density at radius 1 is 0.857 bits per heavy atom. The van der Waals surface area contributed by atoms with E-state index in [0.717, 1.165) is 0 Å². The zero-order valence-electron chi connectivity index (χ0n) is 2.62. The molecule has 0 unspecified atom stereocenters. The summed E-state index contributed by atoms with van der Waals surface area (Å²) in [5, 5.41) is 0. The van der Waals surface area contributed by atoms with Gasteiger partial charge in [-0.1, -0.05) is 0 Å². The van der Waals surface area contributed by atoms with E-state index in [-0.39, 0.29) is 113 Å². The van der Waals surface area contributed by atoms with Crippen molar-refractivity contribution in [2.75, 3.05) is 0 Å². The SMILES string of the molecule is [Ag].[InH3].[InH3].[O]=[Sn].[Zn].[Zn]. The largest absolute Gasteiger partial charge is 0 e. The second kappa shape index (κ2) is 48.0. The van der Waals surface area contributed by atoms with Crippen LogP contribution in [-0.2, 0) is 64.4 Å². The molecule has 0 fully saturated rings. The molecule has 0 spiro atoms.